The lowest BCUT2D eigenvalue weighted by molar-refractivity contribution is -0.143. The van der Waals surface area contributed by atoms with Crippen molar-refractivity contribution < 1.29 is 14.3 Å². The number of aromatic nitrogens is 2. The predicted molar refractivity (Wildman–Crippen MR) is 93.4 cm³/mol. The number of amides is 1. The van der Waals surface area contributed by atoms with E-state index in [-0.39, 0.29) is 23.6 Å². The summed E-state index contributed by atoms with van der Waals surface area (Å²) in [6.07, 6.45) is 2.37. The number of carbonyl (C=O) groups excluding carboxylic acids is 1. The Morgan fingerprint density at radius 2 is 2.08 bits per heavy atom. The predicted octanol–water partition coefficient (Wildman–Crippen LogP) is 2.94. The standard InChI is InChI=1S/C19H24FN3O2/c1-12(2)18(24)19(25)23-8-6-13(7-9-23)17-16(11-21-22-17)14-4-3-5-15(20)10-14/h3-5,10-13,18,24H,6-9H2,1-2H3,(H,21,22)/t18-/m0/s1. The SMILES string of the molecule is CC(C)[C@H](O)C(=O)N1CCC(c2[nH]ncc2-c2cccc(F)c2)CC1. The lowest BCUT2D eigenvalue weighted by Gasteiger charge is -2.33. The van der Waals surface area contributed by atoms with Gasteiger partial charge in [0.2, 0.25) is 0 Å². The number of nitrogens with zero attached hydrogens (tertiary/aromatic N) is 2. The average molecular weight is 345 g/mol. The van der Waals surface area contributed by atoms with Crippen molar-refractivity contribution in [3.63, 3.8) is 0 Å². The van der Waals surface area contributed by atoms with Crippen LogP contribution in [0.5, 0.6) is 0 Å². The number of hydrogen-bond donors (Lipinski definition) is 2. The zero-order valence-electron chi connectivity index (χ0n) is 14.6. The van der Waals surface area contributed by atoms with E-state index >= 15 is 0 Å². The van der Waals surface area contributed by atoms with Crippen LogP contribution >= 0.6 is 0 Å². The Morgan fingerprint density at radius 1 is 1.36 bits per heavy atom. The van der Waals surface area contributed by atoms with Gasteiger partial charge in [0.05, 0.1) is 6.20 Å². The lowest BCUT2D eigenvalue weighted by Crippen LogP contribution is -2.45. The second kappa shape index (κ2) is 7.35. The fourth-order valence-corrected chi connectivity index (χ4v) is 3.35. The summed E-state index contributed by atoms with van der Waals surface area (Å²) in [6.45, 7) is 4.89. The van der Waals surface area contributed by atoms with Crippen molar-refractivity contribution in [1.82, 2.24) is 15.1 Å². The van der Waals surface area contributed by atoms with Crippen molar-refractivity contribution >= 4 is 5.91 Å². The molecule has 0 radical (unpaired) electrons. The highest BCUT2D eigenvalue weighted by Crippen LogP contribution is 2.34. The van der Waals surface area contributed by atoms with Crippen LogP contribution in [-0.4, -0.2) is 45.3 Å². The Kier molecular flexibility index (Phi) is 5.18. The first-order valence-corrected chi connectivity index (χ1v) is 8.73. The molecule has 6 heteroatoms. The van der Waals surface area contributed by atoms with Crippen molar-refractivity contribution in [3.05, 3.63) is 42.0 Å². The van der Waals surface area contributed by atoms with Crippen LogP contribution in [0, 0.1) is 11.7 Å². The molecule has 3 rings (SSSR count). The molecule has 0 spiro atoms. The normalized spacial score (nSPS) is 17.1. The number of carbonyl (C=O) groups is 1. The van der Waals surface area contributed by atoms with E-state index in [2.05, 4.69) is 10.2 Å². The zero-order valence-corrected chi connectivity index (χ0v) is 14.6. The third kappa shape index (κ3) is 3.74. The van der Waals surface area contributed by atoms with Gasteiger partial charge < -0.3 is 10.0 Å². The van der Waals surface area contributed by atoms with Crippen LogP contribution in [0.25, 0.3) is 11.1 Å². The maximum atomic E-state index is 13.5. The molecule has 1 aliphatic rings. The van der Waals surface area contributed by atoms with Crippen LogP contribution in [0.2, 0.25) is 0 Å². The summed E-state index contributed by atoms with van der Waals surface area (Å²) in [7, 11) is 0. The molecule has 2 aromatic rings. The minimum absolute atomic E-state index is 0.0857. The second-order valence-electron chi connectivity index (χ2n) is 7.00. The fourth-order valence-electron chi connectivity index (χ4n) is 3.35. The number of likely N-dealkylation sites (tertiary alicyclic amines) is 1. The van der Waals surface area contributed by atoms with Crippen molar-refractivity contribution in [2.75, 3.05) is 13.1 Å². The first-order valence-electron chi connectivity index (χ1n) is 8.73. The largest absolute Gasteiger partial charge is 0.383 e. The Labute approximate surface area is 146 Å². The molecule has 134 valence electrons. The Morgan fingerprint density at radius 3 is 2.72 bits per heavy atom. The third-order valence-electron chi connectivity index (χ3n) is 4.90. The Balaban J connectivity index is 1.70. The van der Waals surface area contributed by atoms with Gasteiger partial charge in [-0.1, -0.05) is 26.0 Å². The molecule has 5 nitrogen and oxygen atoms in total. The molecular formula is C19H24FN3O2. The van der Waals surface area contributed by atoms with Gasteiger partial charge in [0.25, 0.3) is 5.91 Å². The van der Waals surface area contributed by atoms with E-state index in [0.717, 1.165) is 29.7 Å². The quantitative estimate of drug-likeness (QED) is 0.895. The minimum Gasteiger partial charge on any atom is -0.383 e. The number of rotatable bonds is 4. The maximum absolute atomic E-state index is 13.5. The maximum Gasteiger partial charge on any atom is 0.251 e. The lowest BCUT2D eigenvalue weighted by atomic mass is 9.89. The molecule has 0 bridgehead atoms. The number of piperidine rings is 1. The number of aliphatic hydroxyl groups excluding tert-OH is 1. The van der Waals surface area contributed by atoms with Crippen LogP contribution in [0.15, 0.2) is 30.5 Å². The molecule has 2 N–H and O–H groups in total. The third-order valence-corrected chi connectivity index (χ3v) is 4.90. The smallest absolute Gasteiger partial charge is 0.251 e. The number of halogens is 1. The van der Waals surface area contributed by atoms with Crippen molar-refractivity contribution in [1.29, 1.82) is 0 Å². The number of aliphatic hydroxyl groups is 1. The van der Waals surface area contributed by atoms with Crippen molar-refractivity contribution in [3.8, 4) is 11.1 Å². The van der Waals surface area contributed by atoms with Gasteiger partial charge in [-0.3, -0.25) is 9.89 Å². The van der Waals surface area contributed by atoms with Crippen molar-refractivity contribution in [2.24, 2.45) is 5.92 Å². The average Bonchev–Trinajstić information content (AvgIpc) is 3.10. The van der Waals surface area contributed by atoms with Gasteiger partial charge in [-0.05, 0) is 36.5 Å². The molecule has 25 heavy (non-hydrogen) atoms. The first kappa shape index (κ1) is 17.6. The van der Waals surface area contributed by atoms with E-state index in [9.17, 15) is 14.3 Å². The molecule has 1 saturated heterocycles. The summed E-state index contributed by atoms with van der Waals surface area (Å²) in [4.78, 5) is 14.0. The molecule has 1 aromatic carbocycles. The van der Waals surface area contributed by atoms with Gasteiger partial charge in [-0.2, -0.15) is 5.10 Å². The number of hydrogen-bond acceptors (Lipinski definition) is 3. The van der Waals surface area contributed by atoms with E-state index in [1.807, 2.05) is 19.9 Å². The molecule has 1 atom stereocenters. The van der Waals surface area contributed by atoms with Gasteiger partial charge >= 0.3 is 0 Å². The molecule has 1 amide bonds. The van der Waals surface area contributed by atoms with E-state index < -0.39 is 6.10 Å². The minimum atomic E-state index is -0.938. The van der Waals surface area contributed by atoms with Crippen LogP contribution in [0.4, 0.5) is 4.39 Å². The number of benzene rings is 1. The first-order chi connectivity index (χ1) is 12.0. The van der Waals surface area contributed by atoms with Gasteiger partial charge in [-0.15, -0.1) is 0 Å². The van der Waals surface area contributed by atoms with Gasteiger partial charge in [0.1, 0.15) is 11.9 Å². The number of H-pyrrole nitrogens is 1. The second-order valence-corrected chi connectivity index (χ2v) is 7.00. The highest BCUT2D eigenvalue weighted by molar-refractivity contribution is 5.81. The van der Waals surface area contributed by atoms with Gasteiger partial charge in [-0.25, -0.2) is 4.39 Å². The number of nitrogens with one attached hydrogen (secondary N) is 1. The van der Waals surface area contributed by atoms with Crippen LogP contribution in [0.1, 0.15) is 38.3 Å². The van der Waals surface area contributed by atoms with Crippen molar-refractivity contribution in [2.45, 2.75) is 38.7 Å². The van der Waals surface area contributed by atoms with Gasteiger partial charge in [0, 0.05) is 30.3 Å². The fraction of sp³-hybridized carbons (Fsp3) is 0.474. The highest BCUT2D eigenvalue weighted by Gasteiger charge is 2.30. The Hall–Kier alpha value is -2.21. The van der Waals surface area contributed by atoms with Crippen LogP contribution in [0.3, 0.4) is 0 Å². The van der Waals surface area contributed by atoms with E-state index in [4.69, 9.17) is 0 Å². The Bertz CT molecular complexity index is 736. The number of aromatic amines is 1. The zero-order chi connectivity index (χ0) is 18.0. The van der Waals surface area contributed by atoms with E-state index in [1.54, 1.807) is 17.2 Å². The molecule has 1 aliphatic heterocycles. The summed E-state index contributed by atoms with van der Waals surface area (Å²) in [5.74, 6) is -0.311. The monoisotopic (exact) mass is 345 g/mol. The van der Waals surface area contributed by atoms with E-state index in [1.165, 1.54) is 12.1 Å². The summed E-state index contributed by atoms with van der Waals surface area (Å²) < 4.78 is 13.5. The van der Waals surface area contributed by atoms with E-state index in [0.29, 0.717) is 13.1 Å². The molecule has 2 heterocycles. The highest BCUT2D eigenvalue weighted by atomic mass is 19.1. The molecule has 0 saturated carbocycles. The molecule has 1 aromatic heterocycles. The summed E-state index contributed by atoms with van der Waals surface area (Å²) >= 11 is 0. The molecule has 1 fully saturated rings. The summed E-state index contributed by atoms with van der Waals surface area (Å²) in [5.41, 5.74) is 2.70. The summed E-state index contributed by atoms with van der Waals surface area (Å²) in [5, 5.41) is 17.2. The molecular weight excluding hydrogens is 321 g/mol. The van der Waals surface area contributed by atoms with Gasteiger partial charge in [0.15, 0.2) is 0 Å². The van der Waals surface area contributed by atoms with Crippen LogP contribution < -0.4 is 0 Å². The molecule has 0 unspecified atom stereocenters. The topological polar surface area (TPSA) is 69.2 Å². The summed E-state index contributed by atoms with van der Waals surface area (Å²) in [6, 6.07) is 6.49. The van der Waals surface area contributed by atoms with Crippen LogP contribution in [-0.2, 0) is 4.79 Å². The molecule has 0 aliphatic carbocycles.